The molecule has 2 N–H and O–H groups in total. The number of hydrogen-bond donors (Lipinski definition) is 2. The van der Waals surface area contributed by atoms with Gasteiger partial charge in [-0.3, -0.25) is 24.2 Å². The van der Waals surface area contributed by atoms with Gasteiger partial charge >= 0.3 is 12.1 Å². The van der Waals surface area contributed by atoms with E-state index in [9.17, 15) is 33.0 Å². The fraction of sp³-hybridized carbons (Fsp3) is 0.679. The van der Waals surface area contributed by atoms with Crippen LogP contribution in [0.2, 0.25) is 0 Å². The molecule has 2 aromatic rings. The summed E-state index contributed by atoms with van der Waals surface area (Å²) in [6, 6.07) is -0.996. The lowest BCUT2D eigenvalue weighted by Gasteiger charge is -2.35. The summed E-state index contributed by atoms with van der Waals surface area (Å²) in [6.07, 6.45) is -0.0575. The number of aromatic nitrogens is 4. The third-order valence-electron chi connectivity index (χ3n) is 9.86. The number of carboxylic acid groups (broad SMARTS) is 1. The molecule has 2 aromatic heterocycles. The van der Waals surface area contributed by atoms with E-state index < -0.39 is 46.9 Å². The third-order valence-corrected chi connectivity index (χ3v) is 9.86. The van der Waals surface area contributed by atoms with E-state index in [1.807, 2.05) is 0 Å². The minimum absolute atomic E-state index is 0.138. The molecule has 2 heterocycles. The molecule has 3 fully saturated rings. The number of fused-ring (bicyclic) bond motifs is 1. The number of nitrogens with zero attached hydrogens (tertiary/aromatic N) is 5. The highest BCUT2D eigenvalue weighted by atomic mass is 19.4. The predicted octanol–water partition coefficient (Wildman–Crippen LogP) is 4.82. The minimum Gasteiger partial charge on any atom is -0.481 e. The number of carbonyl (C=O) groups is 2. The first-order valence-corrected chi connectivity index (χ1v) is 13.8. The highest BCUT2D eigenvalue weighted by Crippen LogP contribution is 2.67. The van der Waals surface area contributed by atoms with Crippen molar-refractivity contribution in [3.63, 3.8) is 0 Å². The Morgan fingerprint density at radius 2 is 1.73 bits per heavy atom. The molecular formula is C28H36F3N5O4. The van der Waals surface area contributed by atoms with Crippen molar-refractivity contribution in [2.45, 2.75) is 90.6 Å². The molecule has 0 aliphatic heterocycles. The largest absolute Gasteiger partial charge is 0.481 e. The lowest BCUT2D eigenvalue weighted by Crippen LogP contribution is -2.43. The van der Waals surface area contributed by atoms with E-state index in [4.69, 9.17) is 0 Å². The standard InChI is InChI=1S/C28H36F3N5O4/c1-15-22(33-10-9-32-15)21(37)14-35(17-11-19-20(12-17)26(19,2)3)24(38)18-13-34-36(23(18)28(29,30)31)16-5-7-27(4,8-6-16)25(39)40/h9-10,13,16-17,19-21,37H,5-8,11-12,14H2,1-4H3,(H,39,40)/t16-,17-,19-,20+,21?,27-. The number of halogens is 3. The van der Waals surface area contributed by atoms with Crippen LogP contribution in [0.4, 0.5) is 13.2 Å². The summed E-state index contributed by atoms with van der Waals surface area (Å²) in [7, 11) is 0. The highest BCUT2D eigenvalue weighted by molar-refractivity contribution is 5.95. The number of alkyl halides is 3. The molecule has 218 valence electrons. The molecule has 0 saturated heterocycles. The van der Waals surface area contributed by atoms with Crippen LogP contribution in [0.1, 0.15) is 98.9 Å². The van der Waals surface area contributed by atoms with Crippen LogP contribution in [0.3, 0.4) is 0 Å². The van der Waals surface area contributed by atoms with Gasteiger partial charge in [-0.05, 0) is 69.6 Å². The Balaban J connectivity index is 1.46. The normalized spacial score (nSPS) is 30.0. The van der Waals surface area contributed by atoms with E-state index in [0.29, 0.717) is 30.4 Å². The number of carboxylic acids is 1. The van der Waals surface area contributed by atoms with Gasteiger partial charge < -0.3 is 15.1 Å². The lowest BCUT2D eigenvalue weighted by molar-refractivity contribution is -0.152. The van der Waals surface area contributed by atoms with E-state index >= 15 is 0 Å². The maximum atomic E-state index is 14.5. The number of carbonyl (C=O) groups excluding carboxylic acids is 1. The summed E-state index contributed by atoms with van der Waals surface area (Å²) < 4.78 is 44.5. The van der Waals surface area contributed by atoms with Gasteiger partial charge in [0.05, 0.1) is 41.1 Å². The van der Waals surface area contributed by atoms with Crippen molar-refractivity contribution >= 4 is 11.9 Å². The molecule has 3 aliphatic carbocycles. The first-order chi connectivity index (χ1) is 18.6. The van der Waals surface area contributed by atoms with Crippen molar-refractivity contribution in [1.29, 1.82) is 0 Å². The summed E-state index contributed by atoms with van der Waals surface area (Å²) in [5.41, 5.74) is -1.78. The molecule has 9 nitrogen and oxygen atoms in total. The Morgan fingerprint density at radius 1 is 1.12 bits per heavy atom. The Kier molecular flexibility index (Phi) is 6.99. The molecule has 4 atom stereocenters. The van der Waals surface area contributed by atoms with Gasteiger partial charge in [-0.2, -0.15) is 18.3 Å². The lowest BCUT2D eigenvalue weighted by atomic mass is 9.74. The average Bonchev–Trinajstić information content (AvgIpc) is 3.31. The maximum Gasteiger partial charge on any atom is 0.433 e. The Labute approximate surface area is 230 Å². The second kappa shape index (κ2) is 9.81. The zero-order chi connectivity index (χ0) is 29.2. The van der Waals surface area contributed by atoms with Crippen molar-refractivity contribution in [2.75, 3.05) is 6.54 Å². The molecular weight excluding hydrogens is 527 g/mol. The summed E-state index contributed by atoms with van der Waals surface area (Å²) in [4.78, 5) is 35.3. The number of aryl methyl sites for hydroxylation is 1. The zero-order valence-electron chi connectivity index (χ0n) is 23.1. The fourth-order valence-corrected chi connectivity index (χ4v) is 7.08. The molecule has 1 amide bonds. The number of amides is 1. The quantitative estimate of drug-likeness (QED) is 0.496. The van der Waals surface area contributed by atoms with Crippen molar-refractivity contribution in [1.82, 2.24) is 24.6 Å². The first-order valence-electron chi connectivity index (χ1n) is 13.8. The Hall–Kier alpha value is -3.02. The maximum absolute atomic E-state index is 14.5. The molecule has 0 spiro atoms. The van der Waals surface area contributed by atoms with Crippen LogP contribution in [0.15, 0.2) is 18.6 Å². The minimum atomic E-state index is -4.86. The molecule has 3 saturated carbocycles. The van der Waals surface area contributed by atoms with E-state index in [1.54, 1.807) is 13.8 Å². The highest BCUT2D eigenvalue weighted by Gasteiger charge is 2.63. The van der Waals surface area contributed by atoms with Crippen LogP contribution in [0.25, 0.3) is 0 Å². The fourth-order valence-electron chi connectivity index (χ4n) is 7.08. The number of aliphatic carboxylic acids is 1. The van der Waals surface area contributed by atoms with Gasteiger partial charge in [0.1, 0.15) is 6.10 Å². The molecule has 1 unspecified atom stereocenters. The van der Waals surface area contributed by atoms with Crippen molar-refractivity contribution in [2.24, 2.45) is 22.7 Å². The van der Waals surface area contributed by atoms with E-state index in [0.717, 1.165) is 10.9 Å². The molecule has 0 bridgehead atoms. The molecule has 3 aliphatic rings. The van der Waals surface area contributed by atoms with Crippen LogP contribution >= 0.6 is 0 Å². The predicted molar refractivity (Wildman–Crippen MR) is 137 cm³/mol. The molecule has 12 heteroatoms. The van der Waals surface area contributed by atoms with Crippen molar-refractivity contribution in [3.8, 4) is 0 Å². The molecule has 0 radical (unpaired) electrons. The topological polar surface area (TPSA) is 121 Å². The van der Waals surface area contributed by atoms with Crippen LogP contribution in [-0.2, 0) is 11.0 Å². The number of aliphatic hydroxyl groups is 1. The summed E-state index contributed by atoms with van der Waals surface area (Å²) in [6.45, 7) is 7.38. The van der Waals surface area contributed by atoms with Gasteiger partial charge in [0.25, 0.3) is 5.91 Å². The average molecular weight is 564 g/mol. The first kappa shape index (κ1) is 28.5. The number of hydrogen-bond acceptors (Lipinski definition) is 6. The SMILES string of the molecule is Cc1nccnc1C(O)CN(C(=O)c1cnn([C@H]2CC[C@](C)(C(=O)O)CC2)c1C(F)(F)F)[C@@H]1C[C@@H]2[C@H](C1)C2(C)C. The Bertz CT molecular complexity index is 1290. The van der Waals surface area contributed by atoms with Gasteiger partial charge in [-0.15, -0.1) is 0 Å². The summed E-state index contributed by atoms with van der Waals surface area (Å²) in [5, 5.41) is 24.6. The molecule has 40 heavy (non-hydrogen) atoms. The van der Waals surface area contributed by atoms with Crippen molar-refractivity contribution in [3.05, 3.63) is 41.2 Å². The smallest absolute Gasteiger partial charge is 0.433 e. The second-order valence-electron chi connectivity index (χ2n) is 12.6. The van der Waals surface area contributed by atoms with Gasteiger partial charge in [0.2, 0.25) is 0 Å². The van der Waals surface area contributed by atoms with Crippen LogP contribution < -0.4 is 0 Å². The van der Waals surface area contributed by atoms with Crippen LogP contribution in [0, 0.1) is 29.6 Å². The van der Waals surface area contributed by atoms with E-state index in [2.05, 4.69) is 28.9 Å². The van der Waals surface area contributed by atoms with E-state index in [1.165, 1.54) is 17.3 Å². The second-order valence-corrected chi connectivity index (χ2v) is 12.6. The Morgan fingerprint density at radius 3 is 2.27 bits per heavy atom. The monoisotopic (exact) mass is 563 g/mol. The van der Waals surface area contributed by atoms with Gasteiger partial charge in [0, 0.05) is 18.4 Å². The number of aliphatic hydroxyl groups excluding tert-OH is 1. The zero-order valence-corrected chi connectivity index (χ0v) is 23.1. The van der Waals surface area contributed by atoms with E-state index in [-0.39, 0.29) is 49.4 Å². The summed E-state index contributed by atoms with van der Waals surface area (Å²) in [5.74, 6) is -1.05. The van der Waals surface area contributed by atoms with Crippen LogP contribution in [-0.4, -0.2) is 59.3 Å². The van der Waals surface area contributed by atoms with Crippen LogP contribution in [0.5, 0.6) is 0 Å². The third kappa shape index (κ3) is 4.88. The summed E-state index contributed by atoms with van der Waals surface area (Å²) >= 11 is 0. The van der Waals surface area contributed by atoms with Gasteiger partial charge in [0.15, 0.2) is 5.69 Å². The number of rotatable bonds is 7. The van der Waals surface area contributed by atoms with Gasteiger partial charge in [-0.1, -0.05) is 13.8 Å². The molecule has 5 rings (SSSR count). The molecule has 0 aromatic carbocycles. The van der Waals surface area contributed by atoms with Crippen molar-refractivity contribution < 1.29 is 33.0 Å². The van der Waals surface area contributed by atoms with Gasteiger partial charge in [-0.25, -0.2) is 0 Å².